The average molecular weight is 263 g/mol. The number of aromatic nitrogens is 1. The molecule has 1 unspecified atom stereocenters. The van der Waals surface area contributed by atoms with Crippen LogP contribution in [0.1, 0.15) is 12.5 Å². The lowest BCUT2D eigenvalue weighted by Crippen LogP contribution is -2.35. The Morgan fingerprint density at radius 3 is 2.56 bits per heavy atom. The number of pyridine rings is 1. The number of hydrogen-bond donors (Lipinski definition) is 2. The summed E-state index contributed by atoms with van der Waals surface area (Å²) in [6, 6.07) is 11.2. The van der Waals surface area contributed by atoms with E-state index in [-0.39, 0.29) is 6.61 Å². The van der Waals surface area contributed by atoms with Crippen molar-refractivity contribution >= 4 is 17.3 Å². The van der Waals surface area contributed by atoms with Crippen molar-refractivity contribution in [2.24, 2.45) is 0 Å². The summed E-state index contributed by atoms with van der Waals surface area (Å²) in [5, 5.41) is 13.6. The molecule has 0 bridgehead atoms. The van der Waals surface area contributed by atoms with Gasteiger partial charge in [0.25, 0.3) is 0 Å². The Morgan fingerprint density at radius 2 is 2.00 bits per heavy atom. The summed E-state index contributed by atoms with van der Waals surface area (Å²) in [6.07, 6.45) is 3.46. The number of halogens is 1. The van der Waals surface area contributed by atoms with Crippen LogP contribution in [-0.2, 0) is 5.54 Å². The van der Waals surface area contributed by atoms with Gasteiger partial charge >= 0.3 is 0 Å². The van der Waals surface area contributed by atoms with Crippen molar-refractivity contribution in [3.63, 3.8) is 0 Å². The van der Waals surface area contributed by atoms with E-state index >= 15 is 0 Å². The van der Waals surface area contributed by atoms with Gasteiger partial charge in [-0.15, -0.1) is 0 Å². The molecule has 0 radical (unpaired) electrons. The van der Waals surface area contributed by atoms with Gasteiger partial charge in [0.2, 0.25) is 0 Å². The Morgan fingerprint density at radius 1 is 1.28 bits per heavy atom. The Kier molecular flexibility index (Phi) is 3.84. The molecule has 1 aromatic carbocycles. The van der Waals surface area contributed by atoms with Gasteiger partial charge in [-0.05, 0) is 42.8 Å². The maximum atomic E-state index is 9.64. The molecule has 1 aromatic heterocycles. The van der Waals surface area contributed by atoms with Crippen LogP contribution in [-0.4, -0.2) is 16.7 Å². The zero-order valence-corrected chi connectivity index (χ0v) is 10.9. The van der Waals surface area contributed by atoms with Crippen molar-refractivity contribution in [3.05, 3.63) is 59.4 Å². The Bertz CT molecular complexity index is 501. The molecular weight excluding hydrogens is 248 g/mol. The van der Waals surface area contributed by atoms with Crippen molar-refractivity contribution in [3.8, 4) is 0 Å². The summed E-state index contributed by atoms with van der Waals surface area (Å²) in [5.41, 5.74) is 1.27. The van der Waals surface area contributed by atoms with E-state index in [4.69, 9.17) is 11.6 Å². The lowest BCUT2D eigenvalue weighted by molar-refractivity contribution is 0.224. The van der Waals surface area contributed by atoms with Gasteiger partial charge in [0, 0.05) is 23.1 Å². The summed E-state index contributed by atoms with van der Waals surface area (Å²) < 4.78 is 0. The Hall–Kier alpha value is -1.58. The van der Waals surface area contributed by atoms with Crippen LogP contribution in [0.2, 0.25) is 5.02 Å². The molecule has 0 aliphatic heterocycles. The largest absolute Gasteiger partial charge is 0.394 e. The van der Waals surface area contributed by atoms with E-state index in [1.165, 1.54) is 0 Å². The molecule has 1 atom stereocenters. The van der Waals surface area contributed by atoms with E-state index in [1.807, 2.05) is 43.3 Å². The number of nitrogens with zero attached hydrogens (tertiary/aromatic N) is 1. The molecular formula is C14H15ClN2O. The fourth-order valence-electron chi connectivity index (χ4n) is 1.74. The van der Waals surface area contributed by atoms with Gasteiger partial charge in [-0.1, -0.05) is 17.7 Å². The Balaban J connectivity index is 2.26. The number of aliphatic hydroxyl groups is 1. The van der Waals surface area contributed by atoms with E-state index in [9.17, 15) is 5.11 Å². The zero-order valence-electron chi connectivity index (χ0n) is 10.1. The van der Waals surface area contributed by atoms with Crippen LogP contribution in [0.25, 0.3) is 0 Å². The van der Waals surface area contributed by atoms with Gasteiger partial charge < -0.3 is 10.4 Å². The smallest absolute Gasteiger partial charge is 0.0843 e. The number of rotatable bonds is 4. The highest BCUT2D eigenvalue weighted by Crippen LogP contribution is 2.25. The maximum absolute atomic E-state index is 9.64. The van der Waals surface area contributed by atoms with Crippen molar-refractivity contribution in [1.29, 1.82) is 0 Å². The fraction of sp³-hybridized carbons (Fsp3) is 0.214. The summed E-state index contributed by atoms with van der Waals surface area (Å²) in [5.74, 6) is 0. The molecule has 0 fully saturated rings. The highest BCUT2D eigenvalue weighted by Gasteiger charge is 2.25. The number of hydrogen-bond acceptors (Lipinski definition) is 3. The second-order valence-corrected chi connectivity index (χ2v) is 4.80. The van der Waals surface area contributed by atoms with Crippen molar-refractivity contribution in [1.82, 2.24) is 4.98 Å². The maximum Gasteiger partial charge on any atom is 0.0843 e. The van der Waals surface area contributed by atoms with Gasteiger partial charge in [0.15, 0.2) is 0 Å². The van der Waals surface area contributed by atoms with Crippen LogP contribution >= 0.6 is 11.6 Å². The van der Waals surface area contributed by atoms with Crippen LogP contribution in [0.5, 0.6) is 0 Å². The summed E-state index contributed by atoms with van der Waals surface area (Å²) in [7, 11) is 0. The lowest BCUT2D eigenvalue weighted by Gasteiger charge is -2.30. The van der Waals surface area contributed by atoms with Crippen molar-refractivity contribution in [2.45, 2.75) is 12.5 Å². The number of benzene rings is 1. The third-order valence-electron chi connectivity index (χ3n) is 2.88. The van der Waals surface area contributed by atoms with Gasteiger partial charge in [-0.25, -0.2) is 0 Å². The van der Waals surface area contributed by atoms with Gasteiger partial charge in [-0.2, -0.15) is 0 Å². The number of nitrogens with one attached hydrogen (secondary N) is 1. The molecule has 1 heterocycles. The summed E-state index contributed by atoms with van der Waals surface area (Å²) in [4.78, 5) is 4.08. The first-order chi connectivity index (χ1) is 8.64. The molecule has 0 spiro atoms. The summed E-state index contributed by atoms with van der Waals surface area (Å²) in [6.45, 7) is 1.90. The molecule has 3 nitrogen and oxygen atoms in total. The van der Waals surface area contributed by atoms with E-state index in [0.717, 1.165) is 11.3 Å². The molecule has 18 heavy (non-hydrogen) atoms. The third kappa shape index (κ3) is 2.81. The molecule has 2 aromatic rings. The molecule has 0 aliphatic carbocycles. The molecule has 2 rings (SSSR count). The monoisotopic (exact) mass is 262 g/mol. The minimum absolute atomic E-state index is 0.0265. The minimum Gasteiger partial charge on any atom is -0.394 e. The first-order valence-electron chi connectivity index (χ1n) is 5.69. The van der Waals surface area contributed by atoms with Gasteiger partial charge in [0.05, 0.1) is 12.1 Å². The predicted molar refractivity (Wildman–Crippen MR) is 73.7 cm³/mol. The average Bonchev–Trinajstić information content (AvgIpc) is 2.42. The minimum atomic E-state index is -0.567. The van der Waals surface area contributed by atoms with Crippen LogP contribution in [0.3, 0.4) is 0 Å². The van der Waals surface area contributed by atoms with Crippen LogP contribution < -0.4 is 5.32 Å². The number of anilines is 1. The Labute approximate surface area is 111 Å². The second-order valence-electron chi connectivity index (χ2n) is 4.36. The van der Waals surface area contributed by atoms with E-state index < -0.39 is 5.54 Å². The highest BCUT2D eigenvalue weighted by atomic mass is 35.5. The van der Waals surface area contributed by atoms with Gasteiger partial charge in [0.1, 0.15) is 0 Å². The first kappa shape index (κ1) is 12.9. The first-order valence-corrected chi connectivity index (χ1v) is 6.07. The molecule has 0 saturated carbocycles. The second kappa shape index (κ2) is 5.38. The normalized spacial score (nSPS) is 13.9. The van der Waals surface area contributed by atoms with Gasteiger partial charge in [-0.3, -0.25) is 4.98 Å². The summed E-state index contributed by atoms with van der Waals surface area (Å²) >= 11 is 5.85. The topological polar surface area (TPSA) is 45.1 Å². The third-order valence-corrected chi connectivity index (χ3v) is 3.13. The molecule has 0 amide bonds. The molecule has 0 saturated heterocycles. The van der Waals surface area contributed by atoms with E-state index in [0.29, 0.717) is 5.02 Å². The molecule has 4 heteroatoms. The highest BCUT2D eigenvalue weighted by molar-refractivity contribution is 6.30. The lowest BCUT2D eigenvalue weighted by atomic mass is 9.94. The molecule has 94 valence electrons. The molecule has 0 aliphatic rings. The van der Waals surface area contributed by atoms with E-state index in [1.54, 1.807) is 12.4 Å². The fourth-order valence-corrected chi connectivity index (χ4v) is 1.87. The molecule has 2 N–H and O–H groups in total. The van der Waals surface area contributed by atoms with Crippen molar-refractivity contribution in [2.75, 3.05) is 11.9 Å². The van der Waals surface area contributed by atoms with Crippen LogP contribution in [0, 0.1) is 0 Å². The van der Waals surface area contributed by atoms with Crippen LogP contribution in [0.4, 0.5) is 5.69 Å². The quantitative estimate of drug-likeness (QED) is 0.890. The number of aliphatic hydroxyl groups excluding tert-OH is 1. The van der Waals surface area contributed by atoms with E-state index in [2.05, 4.69) is 10.3 Å². The SMILES string of the molecule is CC(CO)(Nc1ccc(Cl)cc1)c1cccnc1. The van der Waals surface area contributed by atoms with Crippen LogP contribution in [0.15, 0.2) is 48.8 Å². The predicted octanol–water partition coefficient (Wildman–Crippen LogP) is 3.05. The standard InChI is InChI=1S/C14H15ClN2O/c1-14(10-18,11-3-2-8-16-9-11)17-13-6-4-12(15)5-7-13/h2-9,17-18H,10H2,1H3. The zero-order chi connectivity index (χ0) is 13.0. The van der Waals surface area contributed by atoms with Crippen molar-refractivity contribution < 1.29 is 5.11 Å².